The number of para-hydroxylation sites is 1. The van der Waals surface area contributed by atoms with Crippen LogP contribution in [0.4, 0.5) is 10.1 Å². The van der Waals surface area contributed by atoms with Gasteiger partial charge in [0.1, 0.15) is 15.8 Å². The number of hydrogen-bond acceptors (Lipinski definition) is 6. The van der Waals surface area contributed by atoms with Gasteiger partial charge in [0.2, 0.25) is 0 Å². The lowest BCUT2D eigenvalue weighted by atomic mass is 10.1. The maximum atomic E-state index is 13.4. The average Bonchev–Trinajstić information content (AvgIpc) is 3.24. The van der Waals surface area contributed by atoms with E-state index in [1.807, 2.05) is 0 Å². The van der Waals surface area contributed by atoms with Crippen molar-refractivity contribution in [3.8, 4) is 5.75 Å². The molecule has 0 saturated carbocycles. The Morgan fingerprint density at radius 3 is 2.52 bits per heavy atom. The molecule has 0 aliphatic heterocycles. The SMILES string of the molecule is C=C(NNC(=O)c1ccccc1NS(=O)(=O)c1cccs1)c1cc(F)ccc1O. The summed E-state index contributed by atoms with van der Waals surface area (Å²) in [5, 5.41) is 11.4. The molecule has 0 aliphatic carbocycles. The van der Waals surface area contributed by atoms with Gasteiger partial charge in [-0.15, -0.1) is 11.3 Å². The number of phenolic OH excluding ortho intramolecular Hbond substituents is 1. The monoisotopic (exact) mass is 433 g/mol. The van der Waals surface area contributed by atoms with E-state index < -0.39 is 21.7 Å². The van der Waals surface area contributed by atoms with E-state index in [4.69, 9.17) is 0 Å². The molecule has 1 aromatic heterocycles. The molecule has 0 bridgehead atoms. The van der Waals surface area contributed by atoms with Gasteiger partial charge in [0.05, 0.1) is 16.9 Å². The van der Waals surface area contributed by atoms with Gasteiger partial charge in [-0.1, -0.05) is 24.8 Å². The number of nitrogens with one attached hydrogen (secondary N) is 3. The van der Waals surface area contributed by atoms with Crippen molar-refractivity contribution in [1.29, 1.82) is 0 Å². The molecule has 0 saturated heterocycles. The second-order valence-electron chi connectivity index (χ2n) is 5.80. The summed E-state index contributed by atoms with van der Waals surface area (Å²) in [5.41, 5.74) is 5.09. The van der Waals surface area contributed by atoms with Gasteiger partial charge in [0, 0.05) is 5.56 Å². The highest BCUT2D eigenvalue weighted by atomic mass is 32.2. The summed E-state index contributed by atoms with van der Waals surface area (Å²) in [7, 11) is -3.83. The smallest absolute Gasteiger partial charge is 0.271 e. The second-order valence-corrected chi connectivity index (χ2v) is 8.66. The molecule has 0 unspecified atom stereocenters. The first-order valence-electron chi connectivity index (χ1n) is 8.17. The zero-order valence-electron chi connectivity index (χ0n) is 14.8. The van der Waals surface area contributed by atoms with Crippen LogP contribution in [0.2, 0.25) is 0 Å². The molecule has 0 radical (unpaired) electrons. The second kappa shape index (κ2) is 8.33. The third-order valence-electron chi connectivity index (χ3n) is 3.79. The zero-order valence-corrected chi connectivity index (χ0v) is 16.5. The molecule has 3 aromatic rings. The predicted octanol–water partition coefficient (Wildman–Crippen LogP) is 3.30. The molecule has 0 spiro atoms. The van der Waals surface area contributed by atoms with Crippen molar-refractivity contribution in [2.75, 3.05) is 4.72 Å². The van der Waals surface area contributed by atoms with Crippen LogP contribution in [0.15, 0.2) is 70.8 Å². The van der Waals surface area contributed by atoms with Crippen molar-refractivity contribution in [1.82, 2.24) is 10.9 Å². The number of phenols is 1. The minimum atomic E-state index is -3.83. The molecule has 0 fully saturated rings. The van der Waals surface area contributed by atoms with Crippen LogP contribution in [-0.2, 0) is 10.0 Å². The largest absolute Gasteiger partial charge is 0.507 e. The van der Waals surface area contributed by atoms with E-state index in [9.17, 15) is 22.7 Å². The van der Waals surface area contributed by atoms with Crippen LogP contribution in [0.25, 0.3) is 5.70 Å². The first-order valence-corrected chi connectivity index (χ1v) is 10.5. The molecule has 0 aliphatic rings. The van der Waals surface area contributed by atoms with E-state index in [1.54, 1.807) is 23.6 Å². The number of carbonyl (C=O) groups excluding carboxylic acids is 1. The van der Waals surface area contributed by atoms with Crippen LogP contribution in [-0.4, -0.2) is 19.4 Å². The Bertz CT molecular complexity index is 1160. The van der Waals surface area contributed by atoms with Gasteiger partial charge >= 0.3 is 0 Å². The summed E-state index contributed by atoms with van der Waals surface area (Å²) in [6, 6.07) is 12.4. The van der Waals surface area contributed by atoms with Crippen molar-refractivity contribution in [2.45, 2.75) is 4.21 Å². The van der Waals surface area contributed by atoms with E-state index in [0.717, 1.165) is 29.5 Å². The summed E-state index contributed by atoms with van der Waals surface area (Å²) in [6.07, 6.45) is 0. The standard InChI is InChI=1S/C19H16FN3O4S2/c1-12(15-11-13(20)8-9-17(15)24)21-22-19(25)14-5-2-3-6-16(14)23-29(26,27)18-7-4-10-28-18/h2-11,21,23-24H,1H2,(H,22,25). The Hall–Kier alpha value is -3.37. The topological polar surface area (TPSA) is 108 Å². The summed E-state index contributed by atoms with van der Waals surface area (Å²) in [5.74, 6) is -1.46. The Balaban J connectivity index is 1.75. The molecule has 1 amide bonds. The Morgan fingerprint density at radius 1 is 1.03 bits per heavy atom. The molecule has 7 nitrogen and oxygen atoms in total. The van der Waals surface area contributed by atoms with Crippen LogP contribution in [0.5, 0.6) is 5.75 Å². The predicted molar refractivity (Wildman–Crippen MR) is 109 cm³/mol. The van der Waals surface area contributed by atoms with Crippen molar-refractivity contribution in [3.63, 3.8) is 0 Å². The Kier molecular flexibility index (Phi) is 5.85. The average molecular weight is 433 g/mol. The highest BCUT2D eigenvalue weighted by Gasteiger charge is 2.19. The molecule has 2 aromatic carbocycles. The first-order chi connectivity index (χ1) is 13.8. The third kappa shape index (κ3) is 4.73. The maximum Gasteiger partial charge on any atom is 0.271 e. The fraction of sp³-hybridized carbons (Fsp3) is 0. The van der Waals surface area contributed by atoms with Crippen molar-refractivity contribution < 1.29 is 22.7 Å². The number of hydrazine groups is 1. The zero-order chi connectivity index (χ0) is 21.0. The van der Waals surface area contributed by atoms with Crippen LogP contribution in [0, 0.1) is 5.82 Å². The van der Waals surface area contributed by atoms with E-state index in [-0.39, 0.29) is 32.5 Å². The number of benzene rings is 2. The number of aromatic hydroxyl groups is 1. The van der Waals surface area contributed by atoms with E-state index in [2.05, 4.69) is 22.2 Å². The van der Waals surface area contributed by atoms with E-state index in [1.165, 1.54) is 18.2 Å². The molecule has 0 atom stereocenters. The summed E-state index contributed by atoms with van der Waals surface area (Å²) < 4.78 is 40.7. The van der Waals surface area contributed by atoms with Gasteiger partial charge in [-0.05, 0) is 41.8 Å². The third-order valence-corrected chi connectivity index (χ3v) is 6.55. The number of halogens is 1. The number of amides is 1. The summed E-state index contributed by atoms with van der Waals surface area (Å²) in [6.45, 7) is 3.65. The number of anilines is 1. The van der Waals surface area contributed by atoms with Crippen LogP contribution in [0.3, 0.4) is 0 Å². The molecular formula is C19H16FN3O4S2. The van der Waals surface area contributed by atoms with Gasteiger partial charge in [-0.3, -0.25) is 20.4 Å². The van der Waals surface area contributed by atoms with E-state index in [0.29, 0.717) is 0 Å². The Labute approximate surface area is 170 Å². The van der Waals surface area contributed by atoms with Crippen LogP contribution in [0.1, 0.15) is 15.9 Å². The fourth-order valence-corrected chi connectivity index (χ4v) is 4.47. The first kappa shape index (κ1) is 20.4. The highest BCUT2D eigenvalue weighted by Crippen LogP contribution is 2.24. The van der Waals surface area contributed by atoms with Gasteiger partial charge < -0.3 is 5.11 Å². The minimum Gasteiger partial charge on any atom is -0.507 e. The molecule has 3 rings (SSSR count). The lowest BCUT2D eigenvalue weighted by Crippen LogP contribution is -2.36. The van der Waals surface area contributed by atoms with Crippen LogP contribution >= 0.6 is 11.3 Å². The van der Waals surface area contributed by atoms with Gasteiger partial charge in [0.15, 0.2) is 0 Å². The molecule has 4 N–H and O–H groups in total. The lowest BCUT2D eigenvalue weighted by molar-refractivity contribution is 0.0943. The van der Waals surface area contributed by atoms with Gasteiger partial charge in [-0.2, -0.15) is 0 Å². The van der Waals surface area contributed by atoms with Crippen molar-refractivity contribution >= 4 is 38.7 Å². The minimum absolute atomic E-state index is 0.0481. The van der Waals surface area contributed by atoms with Crippen molar-refractivity contribution in [2.24, 2.45) is 0 Å². The number of thiophene rings is 1. The lowest BCUT2D eigenvalue weighted by Gasteiger charge is -2.15. The number of hydrogen-bond donors (Lipinski definition) is 4. The fourth-order valence-electron chi connectivity index (χ4n) is 2.40. The normalized spacial score (nSPS) is 10.9. The summed E-state index contributed by atoms with van der Waals surface area (Å²) in [4.78, 5) is 12.5. The molecule has 29 heavy (non-hydrogen) atoms. The Morgan fingerprint density at radius 2 is 1.79 bits per heavy atom. The number of rotatable bonds is 7. The highest BCUT2D eigenvalue weighted by molar-refractivity contribution is 7.94. The number of carbonyl (C=O) groups is 1. The van der Waals surface area contributed by atoms with Crippen molar-refractivity contribution in [3.05, 3.63) is 83.5 Å². The number of sulfonamides is 1. The maximum absolute atomic E-state index is 13.4. The van der Waals surface area contributed by atoms with Gasteiger partial charge in [0.25, 0.3) is 15.9 Å². The molecule has 150 valence electrons. The van der Waals surface area contributed by atoms with Gasteiger partial charge in [-0.25, -0.2) is 12.8 Å². The molecular weight excluding hydrogens is 417 g/mol. The summed E-state index contributed by atoms with van der Waals surface area (Å²) >= 11 is 1.05. The quantitative estimate of drug-likeness (QED) is 0.428. The molecule has 10 heteroatoms. The molecule has 1 heterocycles. The van der Waals surface area contributed by atoms with E-state index >= 15 is 0 Å². The van der Waals surface area contributed by atoms with Crippen LogP contribution < -0.4 is 15.6 Å².